The molecular weight excluding hydrogens is 195 g/mol. The molecule has 5 heteroatoms. The second-order valence-corrected chi connectivity index (χ2v) is 2.35. The van der Waals surface area contributed by atoms with E-state index in [2.05, 4.69) is 0 Å². The van der Waals surface area contributed by atoms with Gasteiger partial charge in [-0.25, -0.2) is 0 Å². The Labute approximate surface area is 105 Å². The number of hydrogen-bond donors (Lipinski definition) is 1. The molecule has 1 aromatic rings. The van der Waals surface area contributed by atoms with Crippen molar-refractivity contribution in [3.63, 3.8) is 0 Å². The average Bonchev–Trinajstić information content (AvgIpc) is 2.17. The third kappa shape index (κ3) is 2.47. The SMILES string of the molecule is COc1ccc(O)c(OC)c1OC.[NaH]. The van der Waals surface area contributed by atoms with Gasteiger partial charge < -0.3 is 19.3 Å². The molecule has 1 aromatic carbocycles. The van der Waals surface area contributed by atoms with Gasteiger partial charge in [-0.05, 0) is 12.1 Å². The van der Waals surface area contributed by atoms with E-state index in [0.29, 0.717) is 11.5 Å². The number of ether oxygens (including phenoxy) is 3. The fourth-order valence-electron chi connectivity index (χ4n) is 1.09. The zero-order valence-corrected chi connectivity index (χ0v) is 7.83. The number of phenolic OH excluding ortho intramolecular Hbond substituents is 1. The maximum atomic E-state index is 9.38. The number of methoxy groups -OCH3 is 3. The Morgan fingerprint density at radius 1 is 0.929 bits per heavy atom. The molecule has 0 saturated carbocycles. The van der Waals surface area contributed by atoms with Gasteiger partial charge in [0.2, 0.25) is 11.5 Å². The number of aromatic hydroxyl groups is 1. The molecule has 74 valence electrons. The van der Waals surface area contributed by atoms with E-state index in [-0.39, 0.29) is 41.1 Å². The van der Waals surface area contributed by atoms with Gasteiger partial charge in [0, 0.05) is 0 Å². The van der Waals surface area contributed by atoms with Crippen LogP contribution < -0.4 is 14.2 Å². The van der Waals surface area contributed by atoms with Gasteiger partial charge in [0.15, 0.2) is 11.5 Å². The zero-order chi connectivity index (χ0) is 9.84. The Kier molecular flexibility index (Phi) is 5.76. The third-order valence-electron chi connectivity index (χ3n) is 1.68. The summed E-state index contributed by atoms with van der Waals surface area (Å²) in [4.78, 5) is 0. The normalized spacial score (nSPS) is 8.79. The van der Waals surface area contributed by atoms with Gasteiger partial charge in [-0.15, -0.1) is 0 Å². The van der Waals surface area contributed by atoms with Crippen molar-refractivity contribution < 1.29 is 19.3 Å². The Morgan fingerprint density at radius 2 is 1.50 bits per heavy atom. The van der Waals surface area contributed by atoms with Gasteiger partial charge in [0.1, 0.15) is 0 Å². The van der Waals surface area contributed by atoms with Crippen molar-refractivity contribution in [3.05, 3.63) is 12.1 Å². The molecule has 1 rings (SSSR count). The molecule has 0 aliphatic heterocycles. The molecule has 4 nitrogen and oxygen atoms in total. The molecule has 0 unspecified atom stereocenters. The van der Waals surface area contributed by atoms with Gasteiger partial charge in [-0.3, -0.25) is 0 Å². The van der Waals surface area contributed by atoms with Crippen molar-refractivity contribution >= 4 is 29.6 Å². The van der Waals surface area contributed by atoms with E-state index in [1.807, 2.05) is 0 Å². The monoisotopic (exact) mass is 208 g/mol. The first kappa shape index (κ1) is 13.4. The molecular formula is C9H13NaO4. The summed E-state index contributed by atoms with van der Waals surface area (Å²) >= 11 is 0. The molecule has 0 atom stereocenters. The van der Waals surface area contributed by atoms with E-state index in [9.17, 15) is 5.11 Å². The standard InChI is InChI=1S/C9H12O4.Na.H/c1-11-7-5-4-6(10)8(12-2)9(7)13-3;;/h4-5,10H,1-3H3;;. The molecule has 1 N–H and O–H groups in total. The van der Waals surface area contributed by atoms with Crippen LogP contribution in [-0.2, 0) is 0 Å². The second kappa shape index (κ2) is 6.01. The molecule has 14 heavy (non-hydrogen) atoms. The van der Waals surface area contributed by atoms with Crippen molar-refractivity contribution in [2.24, 2.45) is 0 Å². The van der Waals surface area contributed by atoms with Gasteiger partial charge in [-0.1, -0.05) is 0 Å². The molecule has 0 aromatic heterocycles. The van der Waals surface area contributed by atoms with Crippen molar-refractivity contribution in [2.45, 2.75) is 0 Å². The van der Waals surface area contributed by atoms with Crippen LogP contribution in [0.15, 0.2) is 12.1 Å². The minimum atomic E-state index is 0. The van der Waals surface area contributed by atoms with Gasteiger partial charge in [0.05, 0.1) is 21.3 Å². The summed E-state index contributed by atoms with van der Waals surface area (Å²) in [7, 11) is 4.46. The first-order chi connectivity index (χ1) is 6.24. The van der Waals surface area contributed by atoms with E-state index < -0.39 is 0 Å². The fourth-order valence-corrected chi connectivity index (χ4v) is 1.09. The summed E-state index contributed by atoms with van der Waals surface area (Å²) in [6, 6.07) is 3.09. The first-order valence-electron chi connectivity index (χ1n) is 3.72. The molecule has 0 heterocycles. The van der Waals surface area contributed by atoms with Crippen LogP contribution in [-0.4, -0.2) is 56.0 Å². The second-order valence-electron chi connectivity index (χ2n) is 2.35. The molecule has 0 amide bonds. The van der Waals surface area contributed by atoms with Crippen LogP contribution in [0.3, 0.4) is 0 Å². The van der Waals surface area contributed by atoms with Crippen molar-refractivity contribution in [2.75, 3.05) is 21.3 Å². The summed E-state index contributed by atoms with van der Waals surface area (Å²) in [5.41, 5.74) is 0. The Morgan fingerprint density at radius 3 is 1.93 bits per heavy atom. The molecule has 0 aliphatic rings. The Balaban J connectivity index is 0.00000169. The number of hydrogen-bond acceptors (Lipinski definition) is 4. The van der Waals surface area contributed by atoms with E-state index >= 15 is 0 Å². The summed E-state index contributed by atoms with van der Waals surface area (Å²) in [6.45, 7) is 0. The van der Waals surface area contributed by atoms with Crippen LogP contribution in [0.1, 0.15) is 0 Å². The van der Waals surface area contributed by atoms with E-state index in [1.165, 1.54) is 27.4 Å². The van der Waals surface area contributed by atoms with E-state index in [4.69, 9.17) is 14.2 Å². The van der Waals surface area contributed by atoms with Crippen molar-refractivity contribution in [1.29, 1.82) is 0 Å². The number of benzene rings is 1. The number of phenols is 1. The van der Waals surface area contributed by atoms with Crippen LogP contribution in [0, 0.1) is 0 Å². The van der Waals surface area contributed by atoms with Crippen molar-refractivity contribution in [3.8, 4) is 23.0 Å². The predicted octanol–water partition coefficient (Wildman–Crippen LogP) is 0.769. The molecule has 0 bridgehead atoms. The summed E-state index contributed by atoms with van der Waals surface area (Å²) in [5.74, 6) is 1.23. The van der Waals surface area contributed by atoms with E-state index in [1.54, 1.807) is 6.07 Å². The first-order valence-corrected chi connectivity index (χ1v) is 3.72. The zero-order valence-electron chi connectivity index (χ0n) is 7.83. The third-order valence-corrected chi connectivity index (χ3v) is 1.68. The summed E-state index contributed by atoms with van der Waals surface area (Å²) in [5, 5.41) is 9.38. The quantitative estimate of drug-likeness (QED) is 0.745. The van der Waals surface area contributed by atoms with Gasteiger partial charge in [-0.2, -0.15) is 0 Å². The minimum absolute atomic E-state index is 0. The predicted molar refractivity (Wildman–Crippen MR) is 54.9 cm³/mol. The summed E-state index contributed by atoms with van der Waals surface area (Å²) in [6.07, 6.45) is 0. The fraction of sp³-hybridized carbons (Fsp3) is 0.333. The molecule has 0 saturated heterocycles. The van der Waals surface area contributed by atoms with Crippen molar-refractivity contribution in [1.82, 2.24) is 0 Å². The van der Waals surface area contributed by atoms with E-state index in [0.717, 1.165) is 0 Å². The topological polar surface area (TPSA) is 47.9 Å². The van der Waals surface area contributed by atoms with Crippen LogP contribution in [0.2, 0.25) is 0 Å². The van der Waals surface area contributed by atoms with Crippen LogP contribution >= 0.6 is 0 Å². The number of rotatable bonds is 3. The Bertz CT molecular complexity index is 301. The Hall–Kier alpha value is -0.580. The van der Waals surface area contributed by atoms with Crippen LogP contribution in [0.4, 0.5) is 0 Å². The summed E-state index contributed by atoms with van der Waals surface area (Å²) < 4.78 is 15.0. The average molecular weight is 208 g/mol. The maximum absolute atomic E-state index is 9.38. The van der Waals surface area contributed by atoms with Gasteiger partial charge >= 0.3 is 29.6 Å². The molecule has 0 radical (unpaired) electrons. The van der Waals surface area contributed by atoms with Crippen LogP contribution in [0.25, 0.3) is 0 Å². The van der Waals surface area contributed by atoms with Crippen LogP contribution in [0.5, 0.6) is 23.0 Å². The van der Waals surface area contributed by atoms with Gasteiger partial charge in [0.25, 0.3) is 0 Å². The molecule has 0 fully saturated rings. The molecule has 0 aliphatic carbocycles. The molecule has 0 spiro atoms.